The third-order valence-electron chi connectivity index (χ3n) is 6.95. The van der Waals surface area contributed by atoms with Crippen molar-refractivity contribution < 1.29 is 31.9 Å². The molecule has 3 aromatic rings. The lowest BCUT2D eigenvalue weighted by molar-refractivity contribution is -0.137. The predicted octanol–water partition coefficient (Wildman–Crippen LogP) is 6.49. The number of alkyl halides is 3. The van der Waals surface area contributed by atoms with Gasteiger partial charge in [0.1, 0.15) is 12.4 Å². The molecule has 1 aliphatic heterocycles. The number of hydrogen-bond donors (Lipinski definition) is 2. The Balaban J connectivity index is 1.63. The first-order chi connectivity index (χ1) is 18.2. The highest BCUT2D eigenvalue weighted by molar-refractivity contribution is 5.97. The van der Waals surface area contributed by atoms with Crippen LogP contribution in [0.2, 0.25) is 0 Å². The number of nitrogens with one attached hydrogen (secondary N) is 1. The fourth-order valence-corrected chi connectivity index (χ4v) is 4.81. The van der Waals surface area contributed by atoms with Crippen LogP contribution in [0.1, 0.15) is 71.3 Å². The lowest BCUT2D eigenvalue weighted by atomic mass is 9.83. The summed E-state index contributed by atoms with van der Waals surface area (Å²) in [7, 11) is 0. The van der Waals surface area contributed by atoms with Crippen molar-refractivity contribution in [1.82, 2.24) is 0 Å². The van der Waals surface area contributed by atoms with E-state index in [0.717, 1.165) is 17.7 Å². The molecule has 5 nitrogen and oxygen atoms in total. The molecule has 9 heteroatoms. The van der Waals surface area contributed by atoms with Crippen molar-refractivity contribution in [3.63, 3.8) is 0 Å². The molecule has 0 saturated heterocycles. The number of aryl methyl sites for hydroxylation is 1. The Hall–Kier alpha value is -3.88. The van der Waals surface area contributed by atoms with E-state index >= 15 is 0 Å². The number of fused-ring (bicyclic) bond motifs is 1. The minimum Gasteiger partial charge on any atom is -0.457 e. The molecule has 1 aliphatic rings. The van der Waals surface area contributed by atoms with Gasteiger partial charge in [-0.2, -0.15) is 13.2 Å². The first-order valence-corrected chi connectivity index (χ1v) is 12.6. The van der Waals surface area contributed by atoms with Crippen molar-refractivity contribution in [2.75, 3.05) is 5.32 Å². The molecule has 206 valence electrons. The second kappa shape index (κ2) is 10.7. The number of anilines is 1. The zero-order chi connectivity index (χ0) is 28.5. The highest BCUT2D eigenvalue weighted by Gasteiger charge is 2.37. The number of benzene rings is 3. The van der Waals surface area contributed by atoms with E-state index in [0.29, 0.717) is 11.1 Å². The van der Waals surface area contributed by atoms with Gasteiger partial charge in [-0.1, -0.05) is 57.2 Å². The van der Waals surface area contributed by atoms with E-state index in [4.69, 9.17) is 10.5 Å². The number of nitrogens with two attached hydrogens (primary N) is 1. The zero-order valence-corrected chi connectivity index (χ0v) is 21.9. The van der Waals surface area contributed by atoms with Gasteiger partial charge in [-0.25, -0.2) is 9.18 Å². The molecule has 0 fully saturated rings. The van der Waals surface area contributed by atoms with E-state index < -0.39 is 41.4 Å². The third-order valence-corrected chi connectivity index (χ3v) is 6.95. The summed E-state index contributed by atoms with van der Waals surface area (Å²) >= 11 is 0. The summed E-state index contributed by atoms with van der Waals surface area (Å²) in [4.78, 5) is 25.5. The lowest BCUT2D eigenvalue weighted by Crippen LogP contribution is -2.39. The summed E-state index contributed by atoms with van der Waals surface area (Å²) in [5.74, 6) is -2.99. The van der Waals surface area contributed by atoms with Crippen molar-refractivity contribution in [2.45, 2.75) is 63.8 Å². The maximum Gasteiger partial charge on any atom is 0.416 e. The zero-order valence-electron chi connectivity index (χ0n) is 21.9. The Morgan fingerprint density at radius 1 is 1.00 bits per heavy atom. The topological polar surface area (TPSA) is 81.4 Å². The normalized spacial score (nSPS) is 16.1. The number of amides is 1. The first kappa shape index (κ1) is 28.1. The molecule has 39 heavy (non-hydrogen) atoms. The van der Waals surface area contributed by atoms with E-state index in [1.165, 1.54) is 24.3 Å². The van der Waals surface area contributed by atoms with Gasteiger partial charge >= 0.3 is 12.1 Å². The van der Waals surface area contributed by atoms with E-state index in [1.54, 1.807) is 0 Å². The minimum atomic E-state index is -4.67. The van der Waals surface area contributed by atoms with Crippen molar-refractivity contribution in [3.05, 3.63) is 99.9 Å². The molecule has 0 aromatic heterocycles. The van der Waals surface area contributed by atoms with Gasteiger partial charge in [0, 0.05) is 6.04 Å². The second-order valence-electron chi connectivity index (χ2n) is 10.8. The monoisotopic (exact) mass is 542 g/mol. The van der Waals surface area contributed by atoms with Gasteiger partial charge in [0.05, 0.1) is 22.7 Å². The average molecular weight is 543 g/mol. The Bertz CT molecular complexity index is 1360. The van der Waals surface area contributed by atoms with E-state index in [1.807, 2.05) is 24.3 Å². The van der Waals surface area contributed by atoms with Gasteiger partial charge in [-0.05, 0) is 64.8 Å². The van der Waals surface area contributed by atoms with Gasteiger partial charge in [-0.3, -0.25) is 4.79 Å². The third kappa shape index (κ3) is 6.41. The quantitative estimate of drug-likeness (QED) is 0.275. The molecular weight excluding hydrogens is 512 g/mol. The summed E-state index contributed by atoms with van der Waals surface area (Å²) in [6.45, 7) is 6.07. The highest BCUT2D eigenvalue weighted by atomic mass is 19.4. The Labute approximate surface area is 224 Å². The van der Waals surface area contributed by atoms with Crippen LogP contribution >= 0.6 is 0 Å². The number of halogens is 4. The van der Waals surface area contributed by atoms with Crippen molar-refractivity contribution in [3.8, 4) is 0 Å². The summed E-state index contributed by atoms with van der Waals surface area (Å²) in [6, 6.07) is 13.9. The molecule has 1 amide bonds. The fraction of sp³-hybridized carbons (Fsp3) is 0.333. The molecule has 3 N–H and O–H groups in total. The molecule has 0 saturated carbocycles. The van der Waals surface area contributed by atoms with Crippen LogP contribution in [0.4, 0.5) is 23.2 Å². The minimum absolute atomic E-state index is 0.0643. The smallest absolute Gasteiger partial charge is 0.416 e. The number of esters is 1. The SMILES string of the molecule is CC(C)(C)c1ccc(COC(=O)c2cc(C(F)(F)F)cc3c2NC(C(C(N)=O)c2ccc(F)cc2)CC3)cc1. The standard InChI is InChI=1S/C30H30F4N2O3/c1-29(2,3)20-9-4-17(5-10-20)16-39-28(38)23-15-21(30(32,33)34)14-19-8-13-24(36-26(19)23)25(27(35)37)18-6-11-22(31)12-7-18/h4-7,9-12,14-15,24-25,36H,8,13,16H2,1-3H3,(H2,35,37). The summed E-state index contributed by atoms with van der Waals surface area (Å²) in [5.41, 5.74) is 7.05. The summed E-state index contributed by atoms with van der Waals surface area (Å²) in [6.07, 6.45) is -4.24. The number of carbonyl (C=O) groups excluding carboxylic acids is 2. The van der Waals surface area contributed by atoms with E-state index in [-0.39, 0.29) is 41.7 Å². The van der Waals surface area contributed by atoms with Gasteiger partial charge in [0.25, 0.3) is 0 Å². The van der Waals surface area contributed by atoms with Crippen LogP contribution in [0.25, 0.3) is 0 Å². The first-order valence-electron chi connectivity index (χ1n) is 12.6. The maximum absolute atomic E-state index is 13.7. The molecule has 2 unspecified atom stereocenters. The Morgan fingerprint density at radius 2 is 1.64 bits per heavy atom. The average Bonchev–Trinajstić information content (AvgIpc) is 2.87. The second-order valence-corrected chi connectivity index (χ2v) is 10.8. The molecule has 1 heterocycles. The molecular formula is C30H30F4N2O3. The highest BCUT2D eigenvalue weighted by Crippen LogP contribution is 2.39. The molecule has 0 bridgehead atoms. The Kier molecular flexibility index (Phi) is 7.73. The van der Waals surface area contributed by atoms with Crippen molar-refractivity contribution in [2.24, 2.45) is 5.73 Å². The molecule has 3 aromatic carbocycles. The van der Waals surface area contributed by atoms with Gasteiger partial charge < -0.3 is 15.8 Å². The lowest BCUT2D eigenvalue weighted by Gasteiger charge is -2.33. The number of primary amides is 1. The molecule has 0 aliphatic carbocycles. The summed E-state index contributed by atoms with van der Waals surface area (Å²) in [5, 5.41) is 3.08. The van der Waals surface area contributed by atoms with Crippen molar-refractivity contribution >= 4 is 17.6 Å². The van der Waals surface area contributed by atoms with Crippen LogP contribution in [0.15, 0.2) is 60.7 Å². The van der Waals surface area contributed by atoms with Crippen molar-refractivity contribution in [1.29, 1.82) is 0 Å². The largest absolute Gasteiger partial charge is 0.457 e. The van der Waals surface area contributed by atoms with Crippen LogP contribution in [0.5, 0.6) is 0 Å². The molecule has 0 spiro atoms. The van der Waals surface area contributed by atoms with Crippen LogP contribution in [0.3, 0.4) is 0 Å². The van der Waals surface area contributed by atoms with Gasteiger partial charge in [0.15, 0.2) is 0 Å². The fourth-order valence-electron chi connectivity index (χ4n) is 4.81. The molecule has 4 rings (SSSR count). The summed E-state index contributed by atoms with van der Waals surface area (Å²) < 4.78 is 60.0. The van der Waals surface area contributed by atoms with Gasteiger partial charge in [0.2, 0.25) is 5.91 Å². The maximum atomic E-state index is 13.7. The predicted molar refractivity (Wildman–Crippen MR) is 140 cm³/mol. The number of hydrogen-bond acceptors (Lipinski definition) is 4. The Morgan fingerprint density at radius 3 is 2.21 bits per heavy atom. The van der Waals surface area contributed by atoms with E-state index in [9.17, 15) is 27.2 Å². The van der Waals surface area contributed by atoms with E-state index in [2.05, 4.69) is 26.1 Å². The van der Waals surface area contributed by atoms with Crippen LogP contribution < -0.4 is 11.1 Å². The van der Waals surface area contributed by atoms with Crippen LogP contribution in [-0.2, 0) is 34.2 Å². The molecule has 2 atom stereocenters. The van der Waals surface area contributed by atoms with Crippen LogP contribution in [-0.4, -0.2) is 17.9 Å². The molecule has 0 radical (unpaired) electrons. The van der Waals surface area contributed by atoms with Crippen LogP contribution in [0, 0.1) is 5.82 Å². The van der Waals surface area contributed by atoms with Gasteiger partial charge in [-0.15, -0.1) is 0 Å². The number of ether oxygens (including phenoxy) is 1. The number of rotatable bonds is 6. The number of carbonyl (C=O) groups is 2.